The molecule has 0 fully saturated rings. The van der Waals surface area contributed by atoms with E-state index >= 15 is 0 Å². The second-order valence-corrected chi connectivity index (χ2v) is 13.8. The summed E-state index contributed by atoms with van der Waals surface area (Å²) in [5, 5.41) is 9.74. The van der Waals surface area contributed by atoms with Crippen LogP contribution in [-0.2, 0) is 0 Å². The van der Waals surface area contributed by atoms with Gasteiger partial charge >= 0.3 is 0 Å². The van der Waals surface area contributed by atoms with Gasteiger partial charge < -0.3 is 4.42 Å². The zero-order valence-electron chi connectivity index (χ0n) is 28.6. The highest BCUT2D eigenvalue weighted by Crippen LogP contribution is 2.50. The summed E-state index contributed by atoms with van der Waals surface area (Å²) in [6.07, 6.45) is 0. The number of fused-ring (bicyclic) bond motifs is 6. The van der Waals surface area contributed by atoms with E-state index in [9.17, 15) is 0 Å². The number of hydrogen-bond acceptors (Lipinski definition) is 1. The molecule has 0 saturated carbocycles. The molecule has 0 atom stereocenters. The van der Waals surface area contributed by atoms with Gasteiger partial charge in [0, 0.05) is 10.8 Å². The fraction of sp³-hybridized carbons (Fsp3) is 0.0400. The summed E-state index contributed by atoms with van der Waals surface area (Å²) in [6, 6.07) is 62.3. The molecule has 0 aliphatic heterocycles. The fourth-order valence-corrected chi connectivity index (χ4v) is 8.38. The van der Waals surface area contributed by atoms with Crippen molar-refractivity contribution in [3.63, 3.8) is 0 Å². The highest BCUT2D eigenvalue weighted by Gasteiger charge is 2.23. The standard InChI is InChI=1S/C50H34O/c1-31-26-32(2)28-37(27-31)48-41-15-5-7-17-43(41)50(44-18-8-6-16-42(44)48)49-38(35-23-22-33-12-3-4-13-34(33)29-35)19-11-20-39(49)36-24-25-47-45(30-36)40-14-9-10-21-46(40)51-47/h3-30H,1-2H3. The Morgan fingerprint density at radius 1 is 0.314 bits per heavy atom. The summed E-state index contributed by atoms with van der Waals surface area (Å²) in [5.41, 5.74) is 14.2. The van der Waals surface area contributed by atoms with E-state index in [1.807, 2.05) is 6.07 Å². The highest BCUT2D eigenvalue weighted by atomic mass is 16.3. The van der Waals surface area contributed by atoms with Gasteiger partial charge in [-0.1, -0.05) is 157 Å². The Hall–Kier alpha value is -6.44. The van der Waals surface area contributed by atoms with E-state index in [2.05, 4.69) is 178 Å². The molecule has 1 heterocycles. The molecule has 0 spiro atoms. The molecular weight excluding hydrogens is 617 g/mol. The first-order chi connectivity index (χ1) is 25.1. The molecule has 0 bridgehead atoms. The van der Waals surface area contributed by atoms with Gasteiger partial charge in [-0.2, -0.15) is 0 Å². The molecule has 0 amide bonds. The summed E-state index contributed by atoms with van der Waals surface area (Å²) < 4.78 is 6.28. The lowest BCUT2D eigenvalue weighted by atomic mass is 9.80. The second-order valence-electron chi connectivity index (χ2n) is 13.8. The van der Waals surface area contributed by atoms with Crippen molar-refractivity contribution in [3.05, 3.63) is 181 Å². The van der Waals surface area contributed by atoms with Crippen LogP contribution < -0.4 is 0 Å². The van der Waals surface area contributed by atoms with E-state index in [-0.39, 0.29) is 0 Å². The quantitative estimate of drug-likeness (QED) is 0.173. The topological polar surface area (TPSA) is 13.1 Å². The van der Waals surface area contributed by atoms with Crippen LogP contribution in [0.2, 0.25) is 0 Å². The molecular formula is C50H34O. The average molecular weight is 651 g/mol. The molecule has 0 N–H and O–H groups in total. The number of hydrogen-bond donors (Lipinski definition) is 0. The van der Waals surface area contributed by atoms with Gasteiger partial charge in [0.05, 0.1) is 0 Å². The minimum absolute atomic E-state index is 0.904. The number of aryl methyl sites for hydroxylation is 2. The first kappa shape index (κ1) is 29.5. The van der Waals surface area contributed by atoms with Crippen LogP contribution >= 0.6 is 0 Å². The minimum atomic E-state index is 0.904. The molecule has 0 saturated heterocycles. The second kappa shape index (κ2) is 11.6. The van der Waals surface area contributed by atoms with E-state index in [0.717, 1.165) is 21.9 Å². The van der Waals surface area contributed by atoms with Gasteiger partial charge in [-0.3, -0.25) is 0 Å². The van der Waals surface area contributed by atoms with Crippen molar-refractivity contribution in [3.8, 4) is 44.5 Å². The first-order valence-corrected chi connectivity index (χ1v) is 17.7. The maximum Gasteiger partial charge on any atom is 0.135 e. The molecule has 0 aliphatic carbocycles. The summed E-state index contributed by atoms with van der Waals surface area (Å²) in [4.78, 5) is 0. The lowest BCUT2D eigenvalue weighted by molar-refractivity contribution is 0.669. The molecule has 10 rings (SSSR count). The predicted molar refractivity (Wildman–Crippen MR) is 217 cm³/mol. The molecule has 10 aromatic rings. The van der Waals surface area contributed by atoms with Gasteiger partial charge in [-0.15, -0.1) is 0 Å². The molecule has 0 radical (unpaired) electrons. The maximum atomic E-state index is 6.28. The average Bonchev–Trinajstić information content (AvgIpc) is 3.54. The van der Waals surface area contributed by atoms with Crippen LogP contribution in [0.1, 0.15) is 11.1 Å². The Kier molecular flexibility index (Phi) is 6.69. The Bertz CT molecular complexity index is 2920. The van der Waals surface area contributed by atoms with Crippen LogP contribution in [0.15, 0.2) is 174 Å². The van der Waals surface area contributed by atoms with Crippen molar-refractivity contribution in [2.45, 2.75) is 13.8 Å². The molecule has 51 heavy (non-hydrogen) atoms. The third kappa shape index (κ3) is 4.77. The fourth-order valence-electron chi connectivity index (χ4n) is 8.38. The van der Waals surface area contributed by atoms with Crippen LogP contribution in [0.3, 0.4) is 0 Å². The van der Waals surface area contributed by atoms with Gasteiger partial charge in [0.2, 0.25) is 0 Å². The van der Waals surface area contributed by atoms with E-state index in [4.69, 9.17) is 4.42 Å². The van der Waals surface area contributed by atoms with Gasteiger partial charge in [0.25, 0.3) is 0 Å². The van der Waals surface area contributed by atoms with Crippen molar-refractivity contribution in [1.29, 1.82) is 0 Å². The van der Waals surface area contributed by atoms with E-state index in [1.54, 1.807) is 0 Å². The maximum absolute atomic E-state index is 6.28. The zero-order chi connectivity index (χ0) is 34.1. The largest absolute Gasteiger partial charge is 0.456 e. The first-order valence-electron chi connectivity index (χ1n) is 17.7. The Balaban J connectivity index is 1.35. The number of benzene rings is 9. The summed E-state index contributed by atoms with van der Waals surface area (Å²) in [6.45, 7) is 4.39. The SMILES string of the molecule is Cc1cc(C)cc(-c2c3ccccc3c(-c3c(-c4ccc5ccccc5c4)cccc3-c3ccc4oc5ccccc5c4c3)c3ccccc23)c1. The van der Waals surface area contributed by atoms with Crippen LogP contribution in [-0.4, -0.2) is 0 Å². The third-order valence-corrected chi connectivity index (χ3v) is 10.5. The molecule has 0 aliphatic rings. The molecule has 0 unspecified atom stereocenters. The summed E-state index contributed by atoms with van der Waals surface area (Å²) in [5.74, 6) is 0. The molecule has 1 heteroatoms. The summed E-state index contributed by atoms with van der Waals surface area (Å²) in [7, 11) is 0. The van der Waals surface area contributed by atoms with Crippen LogP contribution in [0.4, 0.5) is 0 Å². The van der Waals surface area contributed by atoms with E-state index in [1.165, 1.54) is 88.0 Å². The third-order valence-electron chi connectivity index (χ3n) is 10.5. The molecule has 9 aromatic carbocycles. The van der Waals surface area contributed by atoms with Gasteiger partial charge in [-0.25, -0.2) is 0 Å². The lowest BCUT2D eigenvalue weighted by Crippen LogP contribution is -1.96. The van der Waals surface area contributed by atoms with Gasteiger partial charge in [0.1, 0.15) is 11.2 Å². The number of para-hydroxylation sites is 1. The van der Waals surface area contributed by atoms with E-state index < -0.39 is 0 Å². The number of rotatable bonds is 4. The van der Waals surface area contributed by atoms with Crippen molar-refractivity contribution in [2.24, 2.45) is 0 Å². The predicted octanol–water partition coefficient (Wildman–Crippen LogP) is 14.3. The Morgan fingerprint density at radius 2 is 0.843 bits per heavy atom. The minimum Gasteiger partial charge on any atom is -0.456 e. The van der Waals surface area contributed by atoms with Crippen molar-refractivity contribution < 1.29 is 4.42 Å². The summed E-state index contributed by atoms with van der Waals surface area (Å²) >= 11 is 0. The Morgan fingerprint density at radius 3 is 1.53 bits per heavy atom. The number of furan rings is 1. The van der Waals surface area contributed by atoms with Crippen molar-refractivity contribution >= 4 is 54.3 Å². The lowest BCUT2D eigenvalue weighted by Gasteiger charge is -2.22. The monoisotopic (exact) mass is 650 g/mol. The highest BCUT2D eigenvalue weighted by molar-refractivity contribution is 6.24. The van der Waals surface area contributed by atoms with Crippen LogP contribution in [0, 0.1) is 13.8 Å². The van der Waals surface area contributed by atoms with Crippen LogP contribution in [0.5, 0.6) is 0 Å². The zero-order valence-corrected chi connectivity index (χ0v) is 28.6. The Labute approximate surface area is 297 Å². The molecule has 1 nitrogen and oxygen atoms in total. The van der Waals surface area contributed by atoms with Crippen LogP contribution in [0.25, 0.3) is 98.8 Å². The smallest absolute Gasteiger partial charge is 0.135 e. The van der Waals surface area contributed by atoms with Gasteiger partial charge in [0.15, 0.2) is 0 Å². The van der Waals surface area contributed by atoms with E-state index in [0.29, 0.717) is 0 Å². The van der Waals surface area contributed by atoms with Gasteiger partial charge in [-0.05, 0) is 115 Å². The molecule has 240 valence electrons. The normalized spacial score (nSPS) is 11.7. The van der Waals surface area contributed by atoms with Crippen molar-refractivity contribution in [1.82, 2.24) is 0 Å². The molecule has 1 aromatic heterocycles. The van der Waals surface area contributed by atoms with Crippen molar-refractivity contribution in [2.75, 3.05) is 0 Å².